The van der Waals surface area contributed by atoms with E-state index >= 15 is 0 Å². The highest BCUT2D eigenvalue weighted by Crippen LogP contribution is 2.67. The summed E-state index contributed by atoms with van der Waals surface area (Å²) in [4.78, 5) is 0. The molecule has 8 unspecified atom stereocenters. The SMILES string of the molecule is CC1C2CC(C1OC(C)(C)C)C1C3C=CC(C3)C21. The molecule has 3 fully saturated rings. The van der Waals surface area contributed by atoms with Gasteiger partial charge in [0.1, 0.15) is 0 Å². The summed E-state index contributed by atoms with van der Waals surface area (Å²) in [5, 5.41) is 0. The fourth-order valence-electron chi connectivity index (χ4n) is 5.89. The van der Waals surface area contributed by atoms with Gasteiger partial charge in [-0.15, -0.1) is 0 Å². The molecule has 0 radical (unpaired) electrons. The van der Waals surface area contributed by atoms with Gasteiger partial charge in [-0.05, 0) is 75.0 Å². The first-order valence-electron chi connectivity index (χ1n) is 7.82. The average Bonchev–Trinajstić information content (AvgIpc) is 2.96. The molecule has 0 spiro atoms. The molecular formula is C17H26O. The van der Waals surface area contributed by atoms with E-state index < -0.39 is 0 Å². The smallest absolute Gasteiger partial charge is 0.0641 e. The van der Waals surface area contributed by atoms with Crippen LogP contribution in [0.15, 0.2) is 12.2 Å². The Labute approximate surface area is 111 Å². The van der Waals surface area contributed by atoms with Gasteiger partial charge in [0.15, 0.2) is 0 Å². The topological polar surface area (TPSA) is 9.23 Å². The highest BCUT2D eigenvalue weighted by Gasteiger charge is 2.64. The number of rotatable bonds is 1. The molecule has 18 heavy (non-hydrogen) atoms. The monoisotopic (exact) mass is 246 g/mol. The van der Waals surface area contributed by atoms with Crippen molar-refractivity contribution in [3.05, 3.63) is 12.2 Å². The summed E-state index contributed by atoms with van der Waals surface area (Å²) in [7, 11) is 0. The highest BCUT2D eigenvalue weighted by atomic mass is 16.5. The maximum atomic E-state index is 6.44. The number of ether oxygens (including phenoxy) is 1. The molecule has 4 aliphatic carbocycles. The molecule has 8 atom stereocenters. The highest BCUT2D eigenvalue weighted by molar-refractivity contribution is 5.22. The van der Waals surface area contributed by atoms with Crippen LogP contribution in [-0.4, -0.2) is 11.7 Å². The number of hydrogen-bond donors (Lipinski definition) is 0. The van der Waals surface area contributed by atoms with Crippen molar-refractivity contribution in [1.29, 1.82) is 0 Å². The van der Waals surface area contributed by atoms with Gasteiger partial charge >= 0.3 is 0 Å². The summed E-state index contributed by atoms with van der Waals surface area (Å²) in [6.45, 7) is 9.09. The van der Waals surface area contributed by atoms with E-state index in [1.165, 1.54) is 12.8 Å². The second-order valence-electron chi connectivity index (χ2n) is 8.22. The van der Waals surface area contributed by atoms with Crippen molar-refractivity contribution < 1.29 is 4.74 Å². The number of hydrogen-bond acceptors (Lipinski definition) is 1. The first-order valence-corrected chi connectivity index (χ1v) is 7.82. The van der Waals surface area contributed by atoms with Gasteiger partial charge in [-0.1, -0.05) is 19.1 Å². The Morgan fingerprint density at radius 3 is 2.17 bits per heavy atom. The van der Waals surface area contributed by atoms with Gasteiger partial charge < -0.3 is 4.74 Å². The first-order chi connectivity index (χ1) is 8.46. The van der Waals surface area contributed by atoms with Crippen molar-refractivity contribution in [1.82, 2.24) is 0 Å². The zero-order chi connectivity index (χ0) is 12.7. The normalized spacial score (nSPS) is 56.4. The maximum Gasteiger partial charge on any atom is 0.0641 e. The van der Waals surface area contributed by atoms with Gasteiger partial charge in [0.2, 0.25) is 0 Å². The minimum atomic E-state index is 0.0202. The van der Waals surface area contributed by atoms with Gasteiger partial charge in [-0.2, -0.15) is 0 Å². The summed E-state index contributed by atoms with van der Waals surface area (Å²) in [6, 6.07) is 0. The maximum absolute atomic E-state index is 6.44. The van der Waals surface area contributed by atoms with Crippen LogP contribution >= 0.6 is 0 Å². The van der Waals surface area contributed by atoms with Crippen LogP contribution in [0.3, 0.4) is 0 Å². The second kappa shape index (κ2) is 3.42. The Bertz CT molecular complexity index is 391. The molecule has 1 nitrogen and oxygen atoms in total. The molecule has 0 amide bonds. The third-order valence-corrected chi connectivity index (χ3v) is 6.22. The second-order valence-corrected chi connectivity index (χ2v) is 8.22. The van der Waals surface area contributed by atoms with E-state index in [-0.39, 0.29) is 5.60 Å². The van der Waals surface area contributed by atoms with E-state index in [0.29, 0.717) is 6.10 Å². The summed E-state index contributed by atoms with van der Waals surface area (Å²) < 4.78 is 6.44. The van der Waals surface area contributed by atoms with E-state index in [4.69, 9.17) is 4.74 Å². The molecule has 4 bridgehead atoms. The molecule has 0 aromatic heterocycles. The predicted molar refractivity (Wildman–Crippen MR) is 73.1 cm³/mol. The minimum Gasteiger partial charge on any atom is -0.372 e. The minimum absolute atomic E-state index is 0.0202. The fourth-order valence-corrected chi connectivity index (χ4v) is 5.89. The Morgan fingerprint density at radius 2 is 1.56 bits per heavy atom. The fraction of sp³-hybridized carbons (Fsp3) is 0.882. The molecule has 3 saturated carbocycles. The Kier molecular flexibility index (Phi) is 2.19. The molecule has 0 saturated heterocycles. The van der Waals surface area contributed by atoms with Gasteiger partial charge in [0.05, 0.1) is 11.7 Å². The van der Waals surface area contributed by atoms with E-state index in [9.17, 15) is 0 Å². The molecule has 4 aliphatic rings. The molecular weight excluding hydrogens is 220 g/mol. The van der Waals surface area contributed by atoms with Crippen LogP contribution in [0, 0.1) is 41.4 Å². The molecule has 1 heteroatoms. The number of fused-ring (bicyclic) bond motifs is 9. The van der Waals surface area contributed by atoms with Crippen LogP contribution in [0.4, 0.5) is 0 Å². The molecule has 0 aliphatic heterocycles. The summed E-state index contributed by atoms with van der Waals surface area (Å²) in [6.07, 6.45) is 8.48. The van der Waals surface area contributed by atoms with E-state index in [1.807, 2.05) is 0 Å². The molecule has 100 valence electrons. The zero-order valence-electron chi connectivity index (χ0n) is 12.1. The Hall–Kier alpha value is -0.300. The number of allylic oxidation sites excluding steroid dienone is 2. The van der Waals surface area contributed by atoms with Crippen LogP contribution in [0.1, 0.15) is 40.5 Å². The van der Waals surface area contributed by atoms with Gasteiger partial charge in [-0.3, -0.25) is 0 Å². The summed E-state index contributed by atoms with van der Waals surface area (Å²) in [5.41, 5.74) is 0.0202. The molecule has 4 rings (SSSR count). The molecule has 0 heterocycles. The Balaban J connectivity index is 1.62. The lowest BCUT2D eigenvalue weighted by Crippen LogP contribution is -2.43. The lowest BCUT2D eigenvalue weighted by molar-refractivity contribution is -0.121. The molecule has 0 aromatic carbocycles. The summed E-state index contributed by atoms with van der Waals surface area (Å²) in [5.74, 6) is 6.39. The van der Waals surface area contributed by atoms with E-state index in [2.05, 4.69) is 39.8 Å². The van der Waals surface area contributed by atoms with Crippen molar-refractivity contribution >= 4 is 0 Å². The third-order valence-electron chi connectivity index (χ3n) is 6.22. The molecule has 0 aromatic rings. The lowest BCUT2D eigenvalue weighted by Gasteiger charge is -2.42. The summed E-state index contributed by atoms with van der Waals surface area (Å²) >= 11 is 0. The third kappa shape index (κ3) is 1.37. The predicted octanol–water partition coefficient (Wildman–Crippen LogP) is 3.89. The van der Waals surface area contributed by atoms with Crippen molar-refractivity contribution in [3.8, 4) is 0 Å². The van der Waals surface area contributed by atoms with Gasteiger partial charge in [0, 0.05) is 0 Å². The van der Waals surface area contributed by atoms with Crippen LogP contribution in [0.5, 0.6) is 0 Å². The van der Waals surface area contributed by atoms with Crippen molar-refractivity contribution in [3.63, 3.8) is 0 Å². The van der Waals surface area contributed by atoms with Crippen molar-refractivity contribution in [2.24, 2.45) is 41.4 Å². The Morgan fingerprint density at radius 1 is 0.944 bits per heavy atom. The zero-order valence-corrected chi connectivity index (χ0v) is 12.1. The van der Waals surface area contributed by atoms with Crippen molar-refractivity contribution in [2.75, 3.05) is 0 Å². The van der Waals surface area contributed by atoms with E-state index in [1.54, 1.807) is 0 Å². The average molecular weight is 246 g/mol. The van der Waals surface area contributed by atoms with Crippen LogP contribution in [0.25, 0.3) is 0 Å². The lowest BCUT2D eigenvalue weighted by atomic mass is 9.68. The van der Waals surface area contributed by atoms with Gasteiger partial charge in [-0.25, -0.2) is 0 Å². The van der Waals surface area contributed by atoms with Crippen molar-refractivity contribution in [2.45, 2.75) is 52.2 Å². The quantitative estimate of drug-likeness (QED) is 0.504. The van der Waals surface area contributed by atoms with Gasteiger partial charge in [0.25, 0.3) is 0 Å². The van der Waals surface area contributed by atoms with Crippen LogP contribution < -0.4 is 0 Å². The van der Waals surface area contributed by atoms with Crippen LogP contribution in [0.2, 0.25) is 0 Å². The van der Waals surface area contributed by atoms with E-state index in [0.717, 1.165) is 41.4 Å². The standard InChI is InChI=1S/C17H26O/c1-9-12-8-13(16(9)18-17(2,3)4)15-11-6-5-10(7-11)14(12)15/h5-6,9-16H,7-8H2,1-4H3. The van der Waals surface area contributed by atoms with Crippen LogP contribution in [-0.2, 0) is 4.74 Å². The largest absolute Gasteiger partial charge is 0.372 e. The first kappa shape index (κ1) is 11.5. The molecule has 0 N–H and O–H groups in total.